The minimum Gasteiger partial charge on any atom is -0.494 e. The maximum atomic E-state index is 5.74. The fourth-order valence-corrected chi connectivity index (χ4v) is 2.91. The summed E-state index contributed by atoms with van der Waals surface area (Å²) in [5.41, 5.74) is 6.12. The van der Waals surface area contributed by atoms with E-state index < -0.39 is 0 Å². The molecule has 108 valence electrons. The van der Waals surface area contributed by atoms with E-state index >= 15 is 0 Å². The van der Waals surface area contributed by atoms with Gasteiger partial charge >= 0.3 is 0 Å². The van der Waals surface area contributed by atoms with Crippen LogP contribution in [0.2, 0.25) is 0 Å². The minimum atomic E-state index is 0.905. The lowest BCUT2D eigenvalue weighted by atomic mass is 9.99. The second kappa shape index (κ2) is 5.28. The molecular weight excluding hydrogens is 258 g/mol. The van der Waals surface area contributed by atoms with E-state index in [0.717, 1.165) is 23.2 Å². The topological polar surface area (TPSA) is 25.0 Å². The van der Waals surface area contributed by atoms with Gasteiger partial charge in [0.15, 0.2) is 0 Å². The maximum absolute atomic E-state index is 5.74. The van der Waals surface area contributed by atoms with Gasteiger partial charge in [-0.05, 0) is 44.9 Å². The smallest absolute Gasteiger partial charge is 0.146 e. The van der Waals surface area contributed by atoms with Crippen molar-refractivity contribution in [3.05, 3.63) is 53.1 Å². The SMILES string of the molecule is COc1c(CC=C(C)C)c(C)cc2c1[nH]c1ccccc12. The Bertz CT molecular complexity index is 836. The van der Waals surface area contributed by atoms with Crippen molar-refractivity contribution >= 4 is 21.8 Å². The third-order valence-electron chi connectivity index (χ3n) is 4.00. The van der Waals surface area contributed by atoms with Gasteiger partial charge in [-0.25, -0.2) is 0 Å². The summed E-state index contributed by atoms with van der Waals surface area (Å²) in [6, 6.07) is 10.7. The number of hydrogen-bond donors (Lipinski definition) is 1. The lowest BCUT2D eigenvalue weighted by Gasteiger charge is -2.12. The van der Waals surface area contributed by atoms with Crippen molar-refractivity contribution in [1.29, 1.82) is 0 Å². The lowest BCUT2D eigenvalue weighted by Crippen LogP contribution is -1.96. The number of H-pyrrole nitrogens is 1. The molecule has 3 rings (SSSR count). The molecule has 2 aromatic carbocycles. The average Bonchev–Trinajstić information content (AvgIpc) is 2.82. The van der Waals surface area contributed by atoms with E-state index in [4.69, 9.17) is 4.74 Å². The molecular formula is C19H21NO. The normalized spacial score (nSPS) is 11.0. The molecule has 1 heterocycles. The Morgan fingerprint density at radius 2 is 1.95 bits per heavy atom. The van der Waals surface area contributed by atoms with E-state index in [1.807, 2.05) is 0 Å². The molecule has 2 nitrogen and oxygen atoms in total. The average molecular weight is 279 g/mol. The molecule has 0 aliphatic heterocycles. The number of aromatic amines is 1. The first kappa shape index (κ1) is 13.7. The first-order valence-corrected chi connectivity index (χ1v) is 7.32. The van der Waals surface area contributed by atoms with E-state index in [2.05, 4.69) is 62.2 Å². The van der Waals surface area contributed by atoms with E-state index in [0.29, 0.717) is 0 Å². The van der Waals surface area contributed by atoms with E-state index in [1.54, 1.807) is 7.11 Å². The Balaban J connectivity index is 2.32. The van der Waals surface area contributed by atoms with E-state index in [1.165, 1.54) is 27.5 Å². The number of ether oxygens (including phenoxy) is 1. The maximum Gasteiger partial charge on any atom is 0.146 e. The standard InChI is InChI=1S/C19H21NO/c1-12(2)9-10-14-13(3)11-16-15-7-5-6-8-17(15)20-18(16)19(14)21-4/h5-9,11,20H,10H2,1-4H3. The molecule has 0 amide bonds. The number of rotatable bonds is 3. The fourth-order valence-electron chi connectivity index (χ4n) is 2.91. The Kier molecular flexibility index (Phi) is 3.46. The van der Waals surface area contributed by atoms with Crippen molar-refractivity contribution in [2.75, 3.05) is 7.11 Å². The molecule has 0 radical (unpaired) electrons. The molecule has 2 heteroatoms. The molecule has 21 heavy (non-hydrogen) atoms. The monoisotopic (exact) mass is 279 g/mol. The molecule has 0 aliphatic rings. The minimum absolute atomic E-state index is 0.905. The highest BCUT2D eigenvalue weighted by Gasteiger charge is 2.14. The van der Waals surface area contributed by atoms with Crippen LogP contribution in [0.5, 0.6) is 5.75 Å². The number of aromatic nitrogens is 1. The summed E-state index contributed by atoms with van der Waals surface area (Å²) in [5.74, 6) is 0.971. The molecule has 3 aromatic rings. The number of methoxy groups -OCH3 is 1. The zero-order valence-electron chi connectivity index (χ0n) is 13.1. The first-order chi connectivity index (χ1) is 10.1. The summed E-state index contributed by atoms with van der Waals surface area (Å²) in [6.07, 6.45) is 3.15. The van der Waals surface area contributed by atoms with Gasteiger partial charge in [0.05, 0.1) is 12.6 Å². The highest BCUT2D eigenvalue weighted by atomic mass is 16.5. The van der Waals surface area contributed by atoms with Crippen molar-refractivity contribution in [3.63, 3.8) is 0 Å². The Labute approximate surface area is 125 Å². The van der Waals surface area contributed by atoms with E-state index in [-0.39, 0.29) is 0 Å². The van der Waals surface area contributed by atoms with Gasteiger partial charge < -0.3 is 9.72 Å². The van der Waals surface area contributed by atoms with Gasteiger partial charge in [-0.1, -0.05) is 29.8 Å². The number of fused-ring (bicyclic) bond motifs is 3. The van der Waals surface area contributed by atoms with Crippen molar-refractivity contribution in [3.8, 4) is 5.75 Å². The zero-order chi connectivity index (χ0) is 15.0. The van der Waals surface area contributed by atoms with Gasteiger partial charge in [-0.15, -0.1) is 0 Å². The number of benzene rings is 2. The molecule has 0 bridgehead atoms. The number of hydrogen-bond acceptors (Lipinski definition) is 1. The zero-order valence-corrected chi connectivity index (χ0v) is 13.1. The molecule has 0 unspecified atom stereocenters. The van der Waals surface area contributed by atoms with Crippen LogP contribution >= 0.6 is 0 Å². The third-order valence-corrected chi connectivity index (χ3v) is 4.00. The van der Waals surface area contributed by atoms with Crippen molar-refractivity contribution in [2.24, 2.45) is 0 Å². The van der Waals surface area contributed by atoms with Gasteiger partial charge in [-0.3, -0.25) is 0 Å². The number of nitrogens with one attached hydrogen (secondary N) is 1. The summed E-state index contributed by atoms with van der Waals surface area (Å²) in [5, 5.41) is 2.49. The van der Waals surface area contributed by atoms with Crippen molar-refractivity contribution < 1.29 is 4.74 Å². The first-order valence-electron chi connectivity index (χ1n) is 7.32. The summed E-state index contributed by atoms with van der Waals surface area (Å²) in [6.45, 7) is 6.42. The van der Waals surface area contributed by atoms with Gasteiger partial charge in [-0.2, -0.15) is 0 Å². The molecule has 0 atom stereocenters. The van der Waals surface area contributed by atoms with Crippen LogP contribution in [0.3, 0.4) is 0 Å². The summed E-state index contributed by atoms with van der Waals surface area (Å²) >= 11 is 0. The Hall–Kier alpha value is -2.22. The quantitative estimate of drug-likeness (QED) is 0.659. The molecule has 0 fully saturated rings. The van der Waals surface area contributed by atoms with Gasteiger partial charge in [0.25, 0.3) is 0 Å². The van der Waals surface area contributed by atoms with Crippen LogP contribution in [-0.2, 0) is 6.42 Å². The number of aryl methyl sites for hydroxylation is 1. The van der Waals surface area contributed by atoms with Crippen LogP contribution in [0.1, 0.15) is 25.0 Å². The number of allylic oxidation sites excluding steroid dienone is 2. The lowest BCUT2D eigenvalue weighted by molar-refractivity contribution is 0.414. The van der Waals surface area contributed by atoms with Crippen LogP contribution in [-0.4, -0.2) is 12.1 Å². The van der Waals surface area contributed by atoms with Crippen LogP contribution < -0.4 is 4.74 Å². The predicted molar refractivity (Wildman–Crippen MR) is 90.2 cm³/mol. The summed E-state index contributed by atoms with van der Waals surface area (Å²) in [7, 11) is 1.76. The highest BCUT2D eigenvalue weighted by Crippen LogP contribution is 2.36. The second-order valence-electron chi connectivity index (χ2n) is 5.78. The fraction of sp³-hybridized carbons (Fsp3) is 0.263. The van der Waals surface area contributed by atoms with Gasteiger partial charge in [0.1, 0.15) is 5.75 Å². The Morgan fingerprint density at radius 1 is 1.19 bits per heavy atom. The second-order valence-corrected chi connectivity index (χ2v) is 5.78. The highest BCUT2D eigenvalue weighted by molar-refractivity contribution is 6.09. The molecule has 0 saturated carbocycles. The molecule has 1 N–H and O–H groups in total. The van der Waals surface area contributed by atoms with E-state index in [9.17, 15) is 0 Å². The molecule has 0 aliphatic carbocycles. The molecule has 0 spiro atoms. The third kappa shape index (κ3) is 2.31. The van der Waals surface area contributed by atoms with Crippen LogP contribution in [0.25, 0.3) is 21.8 Å². The molecule has 1 aromatic heterocycles. The van der Waals surface area contributed by atoms with Crippen molar-refractivity contribution in [1.82, 2.24) is 4.98 Å². The van der Waals surface area contributed by atoms with Crippen LogP contribution in [0.15, 0.2) is 42.0 Å². The summed E-state index contributed by atoms with van der Waals surface area (Å²) < 4.78 is 5.74. The Morgan fingerprint density at radius 3 is 2.67 bits per heavy atom. The molecule has 0 saturated heterocycles. The van der Waals surface area contributed by atoms with Gasteiger partial charge in [0.2, 0.25) is 0 Å². The number of para-hydroxylation sites is 1. The van der Waals surface area contributed by atoms with Gasteiger partial charge in [0, 0.05) is 21.9 Å². The van der Waals surface area contributed by atoms with Crippen molar-refractivity contribution in [2.45, 2.75) is 27.2 Å². The summed E-state index contributed by atoms with van der Waals surface area (Å²) in [4.78, 5) is 3.51. The van der Waals surface area contributed by atoms with Crippen LogP contribution in [0.4, 0.5) is 0 Å². The largest absolute Gasteiger partial charge is 0.494 e. The van der Waals surface area contributed by atoms with Crippen LogP contribution in [0, 0.1) is 6.92 Å². The predicted octanol–water partition coefficient (Wildman–Crippen LogP) is 5.15.